The Morgan fingerprint density at radius 2 is 1.74 bits per heavy atom. The highest BCUT2D eigenvalue weighted by Gasteiger charge is 1.98. The van der Waals surface area contributed by atoms with Crippen LogP contribution < -0.4 is 10.6 Å². The monoisotopic (exact) mass is 491 g/mol. The van der Waals surface area contributed by atoms with Crippen molar-refractivity contribution in [3.8, 4) is 0 Å². The first-order chi connectivity index (χ1) is 12.7. The van der Waals surface area contributed by atoms with E-state index in [2.05, 4.69) is 48.5 Å². The van der Waals surface area contributed by atoms with Crippen molar-refractivity contribution in [2.75, 3.05) is 39.5 Å². The largest absolute Gasteiger partial charge is 0.381 e. The standard InChI is InChI=1S/C21H37N3O2.HI/c1-4-22-21(24-14-10-16-25-17-19(2)3)23-13-8-9-15-26-18-20-11-6-5-7-12-20;/h5-7,11-12,19H,4,8-10,13-18H2,1-3H3,(H2,22,23,24);1H. The van der Waals surface area contributed by atoms with Crippen molar-refractivity contribution < 1.29 is 9.47 Å². The highest BCUT2D eigenvalue weighted by Crippen LogP contribution is 2.01. The van der Waals surface area contributed by atoms with Gasteiger partial charge in [0, 0.05) is 39.5 Å². The molecule has 156 valence electrons. The third-order valence-electron chi connectivity index (χ3n) is 3.63. The summed E-state index contributed by atoms with van der Waals surface area (Å²) in [7, 11) is 0. The molecule has 0 spiro atoms. The summed E-state index contributed by atoms with van der Waals surface area (Å²) in [6, 6.07) is 10.3. The number of benzene rings is 1. The molecule has 0 radical (unpaired) electrons. The van der Waals surface area contributed by atoms with Crippen LogP contribution in [0.5, 0.6) is 0 Å². The molecule has 6 heteroatoms. The lowest BCUT2D eigenvalue weighted by Gasteiger charge is -2.11. The summed E-state index contributed by atoms with van der Waals surface area (Å²) in [5.41, 5.74) is 1.23. The van der Waals surface area contributed by atoms with Gasteiger partial charge in [0.05, 0.1) is 6.61 Å². The first kappa shape index (κ1) is 26.1. The lowest BCUT2D eigenvalue weighted by Crippen LogP contribution is -2.38. The second-order valence-corrected chi connectivity index (χ2v) is 6.76. The van der Waals surface area contributed by atoms with Gasteiger partial charge in [-0.05, 0) is 37.7 Å². The average molecular weight is 491 g/mol. The molecule has 1 rings (SSSR count). The van der Waals surface area contributed by atoms with Crippen LogP contribution in [-0.2, 0) is 16.1 Å². The Bertz CT molecular complexity index is 470. The van der Waals surface area contributed by atoms with Gasteiger partial charge in [-0.3, -0.25) is 4.99 Å². The summed E-state index contributed by atoms with van der Waals surface area (Å²) in [6.07, 6.45) is 3.07. The first-order valence-electron chi connectivity index (χ1n) is 9.94. The van der Waals surface area contributed by atoms with Gasteiger partial charge in [0.1, 0.15) is 0 Å². The number of aliphatic imine (C=N–C) groups is 1. The van der Waals surface area contributed by atoms with E-state index in [9.17, 15) is 0 Å². The van der Waals surface area contributed by atoms with Crippen molar-refractivity contribution in [3.05, 3.63) is 35.9 Å². The van der Waals surface area contributed by atoms with Crippen LogP contribution in [0.15, 0.2) is 35.3 Å². The van der Waals surface area contributed by atoms with E-state index in [-0.39, 0.29) is 24.0 Å². The maximum absolute atomic E-state index is 5.71. The number of rotatable bonds is 14. The average Bonchev–Trinajstić information content (AvgIpc) is 2.64. The molecule has 27 heavy (non-hydrogen) atoms. The van der Waals surface area contributed by atoms with Gasteiger partial charge in [-0.2, -0.15) is 0 Å². The molecule has 0 aliphatic carbocycles. The fourth-order valence-electron chi connectivity index (χ4n) is 2.32. The minimum Gasteiger partial charge on any atom is -0.381 e. The van der Waals surface area contributed by atoms with E-state index < -0.39 is 0 Å². The smallest absolute Gasteiger partial charge is 0.191 e. The normalized spacial score (nSPS) is 11.3. The minimum atomic E-state index is 0. The zero-order chi connectivity index (χ0) is 18.9. The molecule has 2 N–H and O–H groups in total. The molecule has 5 nitrogen and oxygen atoms in total. The predicted octanol–water partition coefficient (Wildman–Crippen LogP) is 4.22. The van der Waals surface area contributed by atoms with Crippen LogP contribution in [0.2, 0.25) is 0 Å². The molecule has 0 bridgehead atoms. The van der Waals surface area contributed by atoms with E-state index in [1.165, 1.54) is 5.56 Å². The molecule has 0 aliphatic rings. The molecule has 1 aromatic carbocycles. The summed E-state index contributed by atoms with van der Waals surface area (Å²) < 4.78 is 11.3. The number of halogens is 1. The Balaban J connectivity index is 0.00000676. The lowest BCUT2D eigenvalue weighted by molar-refractivity contribution is 0.109. The van der Waals surface area contributed by atoms with E-state index in [1.807, 2.05) is 18.2 Å². The Morgan fingerprint density at radius 3 is 2.44 bits per heavy atom. The SMILES string of the molecule is CCNC(=NCCCOCC(C)C)NCCCCOCc1ccccc1.I. The molecule has 0 fully saturated rings. The van der Waals surface area contributed by atoms with E-state index >= 15 is 0 Å². The third-order valence-corrected chi connectivity index (χ3v) is 3.63. The van der Waals surface area contributed by atoms with Crippen LogP contribution in [0.3, 0.4) is 0 Å². The van der Waals surface area contributed by atoms with E-state index in [0.717, 1.165) is 64.7 Å². The summed E-state index contributed by atoms with van der Waals surface area (Å²) in [5.74, 6) is 1.48. The molecule has 0 saturated heterocycles. The molecule has 0 aromatic heterocycles. The molecule has 1 aromatic rings. The van der Waals surface area contributed by atoms with Crippen LogP contribution in [0.25, 0.3) is 0 Å². The van der Waals surface area contributed by atoms with Gasteiger partial charge in [-0.15, -0.1) is 24.0 Å². The summed E-state index contributed by atoms with van der Waals surface area (Å²) in [6.45, 7) is 12.1. The predicted molar refractivity (Wildman–Crippen MR) is 125 cm³/mol. The van der Waals surface area contributed by atoms with Gasteiger partial charge in [0.15, 0.2) is 5.96 Å². The Labute approximate surface area is 182 Å². The number of nitrogens with zero attached hydrogens (tertiary/aromatic N) is 1. The Kier molecular flexibility index (Phi) is 17.9. The molecule has 0 unspecified atom stereocenters. The highest BCUT2D eigenvalue weighted by molar-refractivity contribution is 14.0. The molecule has 0 heterocycles. The number of ether oxygens (including phenoxy) is 2. The number of guanidine groups is 1. The fourth-order valence-corrected chi connectivity index (χ4v) is 2.32. The van der Waals surface area contributed by atoms with Crippen molar-refractivity contribution in [1.82, 2.24) is 10.6 Å². The fraction of sp³-hybridized carbons (Fsp3) is 0.667. The number of hydrogen-bond acceptors (Lipinski definition) is 3. The lowest BCUT2D eigenvalue weighted by atomic mass is 10.2. The molecule has 0 saturated carbocycles. The van der Waals surface area contributed by atoms with Gasteiger partial charge in [-0.1, -0.05) is 44.2 Å². The Morgan fingerprint density at radius 1 is 1.00 bits per heavy atom. The minimum absolute atomic E-state index is 0. The molecule has 0 amide bonds. The Hall–Kier alpha value is -0.860. The maximum atomic E-state index is 5.71. The highest BCUT2D eigenvalue weighted by atomic mass is 127. The number of nitrogens with one attached hydrogen (secondary N) is 2. The molecular weight excluding hydrogens is 453 g/mol. The van der Waals surface area contributed by atoms with E-state index in [1.54, 1.807) is 0 Å². The van der Waals surface area contributed by atoms with Gasteiger partial charge in [0.25, 0.3) is 0 Å². The van der Waals surface area contributed by atoms with E-state index in [4.69, 9.17) is 9.47 Å². The van der Waals surface area contributed by atoms with Crippen molar-refractivity contribution in [3.63, 3.8) is 0 Å². The van der Waals surface area contributed by atoms with Gasteiger partial charge < -0.3 is 20.1 Å². The number of hydrogen-bond donors (Lipinski definition) is 2. The quantitative estimate of drug-likeness (QED) is 0.177. The summed E-state index contributed by atoms with van der Waals surface area (Å²) in [5, 5.41) is 6.66. The van der Waals surface area contributed by atoms with E-state index in [0.29, 0.717) is 12.5 Å². The van der Waals surface area contributed by atoms with Crippen LogP contribution in [0, 0.1) is 5.92 Å². The van der Waals surface area contributed by atoms with Crippen LogP contribution in [0.4, 0.5) is 0 Å². The number of unbranched alkanes of at least 4 members (excludes halogenated alkanes) is 1. The molecule has 0 atom stereocenters. The summed E-state index contributed by atoms with van der Waals surface area (Å²) in [4.78, 5) is 4.59. The zero-order valence-corrected chi connectivity index (χ0v) is 19.5. The van der Waals surface area contributed by atoms with Crippen LogP contribution in [0.1, 0.15) is 45.6 Å². The molecule has 0 aliphatic heterocycles. The van der Waals surface area contributed by atoms with Crippen molar-refractivity contribution in [2.45, 2.75) is 46.6 Å². The topological polar surface area (TPSA) is 54.9 Å². The second-order valence-electron chi connectivity index (χ2n) is 6.76. The summed E-state index contributed by atoms with van der Waals surface area (Å²) >= 11 is 0. The van der Waals surface area contributed by atoms with Crippen LogP contribution >= 0.6 is 24.0 Å². The first-order valence-corrected chi connectivity index (χ1v) is 9.94. The van der Waals surface area contributed by atoms with Gasteiger partial charge in [0.2, 0.25) is 0 Å². The van der Waals surface area contributed by atoms with Gasteiger partial charge >= 0.3 is 0 Å². The van der Waals surface area contributed by atoms with Crippen LogP contribution in [-0.4, -0.2) is 45.4 Å². The van der Waals surface area contributed by atoms with Crippen molar-refractivity contribution >= 4 is 29.9 Å². The maximum Gasteiger partial charge on any atom is 0.191 e. The third kappa shape index (κ3) is 15.9. The van der Waals surface area contributed by atoms with Gasteiger partial charge in [-0.25, -0.2) is 0 Å². The zero-order valence-electron chi connectivity index (χ0n) is 17.2. The second kappa shape index (κ2) is 18.5. The van der Waals surface area contributed by atoms with Crippen molar-refractivity contribution in [1.29, 1.82) is 0 Å². The molecular formula is C21H38IN3O2. The van der Waals surface area contributed by atoms with Crippen molar-refractivity contribution in [2.24, 2.45) is 10.9 Å².